The van der Waals surface area contributed by atoms with Crippen molar-refractivity contribution in [1.82, 2.24) is 9.62 Å². The minimum absolute atomic E-state index is 0.0256. The topological polar surface area (TPSA) is 66.5 Å². The normalized spacial score (nSPS) is 18.0. The smallest absolute Gasteiger partial charge is 0.244 e. The molecule has 0 unspecified atom stereocenters. The summed E-state index contributed by atoms with van der Waals surface area (Å²) in [5.41, 5.74) is 2.16. The molecule has 3 rings (SSSR count). The van der Waals surface area contributed by atoms with Gasteiger partial charge in [-0.25, -0.2) is 8.42 Å². The number of halogens is 2. The van der Waals surface area contributed by atoms with E-state index in [-0.39, 0.29) is 22.4 Å². The summed E-state index contributed by atoms with van der Waals surface area (Å²) in [5.74, 6) is -0.537. The second-order valence-corrected chi connectivity index (χ2v) is 9.73. The highest BCUT2D eigenvalue weighted by Crippen LogP contribution is 2.30. The molecule has 0 bridgehead atoms. The molecule has 2 aromatic rings. The van der Waals surface area contributed by atoms with Gasteiger partial charge in [0.2, 0.25) is 15.9 Å². The van der Waals surface area contributed by atoms with E-state index in [1.807, 2.05) is 31.2 Å². The van der Waals surface area contributed by atoms with Crippen molar-refractivity contribution in [3.05, 3.63) is 63.6 Å². The second kappa shape index (κ2) is 8.82. The van der Waals surface area contributed by atoms with Crippen LogP contribution in [-0.2, 0) is 21.4 Å². The van der Waals surface area contributed by atoms with Crippen LogP contribution < -0.4 is 5.32 Å². The molecular formula is C20H22Cl2N2O3S. The third-order valence-electron chi connectivity index (χ3n) is 4.85. The number of nitrogens with one attached hydrogen (secondary N) is 1. The van der Waals surface area contributed by atoms with Gasteiger partial charge in [-0.2, -0.15) is 4.31 Å². The molecule has 1 saturated heterocycles. The van der Waals surface area contributed by atoms with Gasteiger partial charge in [0.15, 0.2) is 0 Å². The molecule has 0 saturated carbocycles. The predicted octanol–water partition coefficient (Wildman–Crippen LogP) is 4.02. The number of sulfonamides is 1. The van der Waals surface area contributed by atoms with E-state index in [1.54, 1.807) is 6.07 Å². The van der Waals surface area contributed by atoms with Crippen molar-refractivity contribution in [3.8, 4) is 0 Å². The third kappa shape index (κ3) is 4.87. The monoisotopic (exact) mass is 440 g/mol. The Morgan fingerprint density at radius 3 is 2.61 bits per heavy atom. The van der Waals surface area contributed by atoms with Gasteiger partial charge in [0.05, 0.1) is 10.9 Å². The van der Waals surface area contributed by atoms with E-state index in [0.717, 1.165) is 11.1 Å². The zero-order valence-electron chi connectivity index (χ0n) is 15.5. The van der Waals surface area contributed by atoms with Crippen LogP contribution in [0, 0.1) is 12.8 Å². The fourth-order valence-corrected chi connectivity index (χ4v) is 5.49. The van der Waals surface area contributed by atoms with Crippen LogP contribution in [0.2, 0.25) is 10.0 Å². The molecule has 1 heterocycles. The predicted molar refractivity (Wildman–Crippen MR) is 111 cm³/mol. The molecule has 8 heteroatoms. The van der Waals surface area contributed by atoms with Crippen LogP contribution in [0.5, 0.6) is 0 Å². The van der Waals surface area contributed by atoms with Crippen LogP contribution in [-0.4, -0.2) is 31.7 Å². The molecule has 1 amide bonds. The maximum Gasteiger partial charge on any atom is 0.244 e. The van der Waals surface area contributed by atoms with E-state index in [9.17, 15) is 13.2 Å². The summed E-state index contributed by atoms with van der Waals surface area (Å²) < 4.78 is 27.3. The molecule has 1 N–H and O–H groups in total. The zero-order valence-corrected chi connectivity index (χ0v) is 17.8. The first-order valence-electron chi connectivity index (χ1n) is 9.06. The molecule has 1 aliphatic heterocycles. The van der Waals surface area contributed by atoms with Gasteiger partial charge in [-0.3, -0.25) is 4.79 Å². The number of nitrogens with zero attached hydrogens (tertiary/aromatic N) is 1. The molecule has 1 atom stereocenters. The average Bonchev–Trinajstić information content (AvgIpc) is 2.69. The average molecular weight is 441 g/mol. The molecule has 28 heavy (non-hydrogen) atoms. The van der Waals surface area contributed by atoms with Gasteiger partial charge < -0.3 is 5.32 Å². The van der Waals surface area contributed by atoms with Crippen LogP contribution in [0.15, 0.2) is 47.4 Å². The van der Waals surface area contributed by atoms with Crippen LogP contribution in [0.3, 0.4) is 0 Å². The maximum atomic E-state index is 13.0. The molecule has 1 aliphatic rings. The van der Waals surface area contributed by atoms with Crippen molar-refractivity contribution in [2.75, 3.05) is 13.1 Å². The summed E-state index contributed by atoms with van der Waals surface area (Å²) >= 11 is 12.0. The van der Waals surface area contributed by atoms with Crippen LogP contribution in [0.1, 0.15) is 24.0 Å². The van der Waals surface area contributed by atoms with Crippen LogP contribution in [0.4, 0.5) is 0 Å². The largest absolute Gasteiger partial charge is 0.352 e. The van der Waals surface area contributed by atoms with Crippen LogP contribution >= 0.6 is 23.2 Å². The Bertz CT molecular complexity index is 962. The first kappa shape index (κ1) is 21.1. The number of amides is 1. The number of hydrogen-bond donors (Lipinski definition) is 1. The first-order chi connectivity index (χ1) is 13.3. The summed E-state index contributed by atoms with van der Waals surface area (Å²) in [6.07, 6.45) is 1.26. The molecule has 0 aromatic heterocycles. The molecular weight excluding hydrogens is 419 g/mol. The highest BCUT2D eigenvalue weighted by Gasteiger charge is 2.34. The minimum Gasteiger partial charge on any atom is -0.352 e. The van der Waals surface area contributed by atoms with E-state index in [0.29, 0.717) is 31.0 Å². The molecule has 150 valence electrons. The summed E-state index contributed by atoms with van der Waals surface area (Å²) in [6, 6.07) is 12.3. The summed E-state index contributed by atoms with van der Waals surface area (Å²) in [4.78, 5) is 12.6. The van der Waals surface area contributed by atoms with Crippen molar-refractivity contribution in [3.63, 3.8) is 0 Å². The summed E-state index contributed by atoms with van der Waals surface area (Å²) in [5, 5.41) is 3.33. The van der Waals surface area contributed by atoms with E-state index in [2.05, 4.69) is 5.32 Å². The minimum atomic E-state index is -3.82. The zero-order chi connectivity index (χ0) is 20.3. The van der Waals surface area contributed by atoms with E-state index in [1.165, 1.54) is 16.4 Å². The standard InChI is InChI=1S/C20H22Cl2N2O3S/c1-14-4-6-15(7-5-14)12-23-20(25)16-3-2-10-24(13-16)28(26,27)19-11-17(21)8-9-18(19)22/h4-9,11,16H,2-3,10,12-13H2,1H3,(H,23,25)/t16-/m0/s1. The van der Waals surface area contributed by atoms with Gasteiger partial charge in [-0.1, -0.05) is 53.0 Å². The maximum absolute atomic E-state index is 13.0. The Labute approximate surface area is 175 Å². The Kier molecular flexibility index (Phi) is 6.65. The number of rotatable bonds is 5. The second-order valence-electron chi connectivity index (χ2n) is 6.98. The lowest BCUT2D eigenvalue weighted by Gasteiger charge is -2.31. The van der Waals surface area contributed by atoms with Crippen molar-refractivity contribution in [2.45, 2.75) is 31.2 Å². The van der Waals surface area contributed by atoms with Gasteiger partial charge in [-0.05, 0) is 43.5 Å². The number of carbonyl (C=O) groups excluding carboxylic acids is 1. The lowest BCUT2D eigenvalue weighted by molar-refractivity contribution is -0.126. The third-order valence-corrected chi connectivity index (χ3v) is 7.44. The van der Waals surface area contributed by atoms with Gasteiger partial charge in [-0.15, -0.1) is 0 Å². The number of piperidine rings is 1. The number of aryl methyl sites for hydroxylation is 1. The Balaban J connectivity index is 1.68. The van der Waals surface area contributed by atoms with Gasteiger partial charge in [0, 0.05) is 24.7 Å². The lowest BCUT2D eigenvalue weighted by Crippen LogP contribution is -2.45. The molecule has 2 aromatic carbocycles. The molecule has 0 aliphatic carbocycles. The Hall–Kier alpha value is -1.60. The summed E-state index contributed by atoms with van der Waals surface area (Å²) in [7, 11) is -3.82. The Morgan fingerprint density at radius 2 is 1.89 bits per heavy atom. The lowest BCUT2D eigenvalue weighted by atomic mass is 9.98. The molecule has 0 radical (unpaired) electrons. The van der Waals surface area contributed by atoms with Crippen molar-refractivity contribution < 1.29 is 13.2 Å². The number of hydrogen-bond acceptors (Lipinski definition) is 3. The van der Waals surface area contributed by atoms with E-state index < -0.39 is 15.9 Å². The van der Waals surface area contributed by atoms with Gasteiger partial charge in [0.1, 0.15) is 4.90 Å². The van der Waals surface area contributed by atoms with Gasteiger partial charge in [0.25, 0.3) is 0 Å². The molecule has 0 spiro atoms. The van der Waals surface area contributed by atoms with Crippen molar-refractivity contribution >= 4 is 39.1 Å². The fourth-order valence-electron chi connectivity index (χ4n) is 3.23. The summed E-state index contributed by atoms with van der Waals surface area (Å²) in [6.45, 7) is 2.91. The van der Waals surface area contributed by atoms with Crippen molar-refractivity contribution in [1.29, 1.82) is 0 Å². The van der Waals surface area contributed by atoms with E-state index >= 15 is 0 Å². The Morgan fingerprint density at radius 1 is 1.18 bits per heavy atom. The van der Waals surface area contributed by atoms with E-state index in [4.69, 9.17) is 23.2 Å². The van der Waals surface area contributed by atoms with Crippen molar-refractivity contribution in [2.24, 2.45) is 5.92 Å². The van der Waals surface area contributed by atoms with Crippen LogP contribution in [0.25, 0.3) is 0 Å². The number of benzene rings is 2. The quantitative estimate of drug-likeness (QED) is 0.762. The molecule has 1 fully saturated rings. The highest BCUT2D eigenvalue weighted by atomic mass is 35.5. The van der Waals surface area contributed by atoms with Gasteiger partial charge >= 0.3 is 0 Å². The SMILES string of the molecule is Cc1ccc(CNC(=O)[C@H]2CCCN(S(=O)(=O)c3cc(Cl)ccc3Cl)C2)cc1. The highest BCUT2D eigenvalue weighted by molar-refractivity contribution is 7.89. The fraction of sp³-hybridized carbons (Fsp3) is 0.350. The number of carbonyl (C=O) groups is 1. The molecule has 5 nitrogen and oxygen atoms in total. The first-order valence-corrected chi connectivity index (χ1v) is 11.3.